The van der Waals surface area contributed by atoms with Crippen molar-refractivity contribution in [2.75, 3.05) is 24.8 Å². The summed E-state index contributed by atoms with van der Waals surface area (Å²) in [6, 6.07) is 10.8. The predicted molar refractivity (Wildman–Crippen MR) is 144 cm³/mol. The molecule has 0 spiro atoms. The Morgan fingerprint density at radius 2 is 1.82 bits per heavy atom. The van der Waals surface area contributed by atoms with Gasteiger partial charge in [-0.05, 0) is 56.2 Å². The summed E-state index contributed by atoms with van der Waals surface area (Å²) in [5.41, 5.74) is 0.781. The van der Waals surface area contributed by atoms with Crippen molar-refractivity contribution in [3.8, 4) is 17.2 Å². The van der Waals surface area contributed by atoms with E-state index >= 15 is 0 Å². The number of nitrogens with zero attached hydrogens (tertiary/aromatic N) is 1. The van der Waals surface area contributed by atoms with Gasteiger partial charge in [-0.2, -0.15) is 0 Å². The van der Waals surface area contributed by atoms with E-state index in [9.17, 15) is 17.8 Å². The molecule has 1 fully saturated rings. The monoisotopic (exact) mass is 580 g/mol. The van der Waals surface area contributed by atoms with Crippen molar-refractivity contribution in [3.05, 3.63) is 59.1 Å². The molecule has 0 unspecified atom stereocenters. The summed E-state index contributed by atoms with van der Waals surface area (Å²) in [6.07, 6.45) is 2.53. The van der Waals surface area contributed by atoms with Crippen LogP contribution in [0.2, 0.25) is 0 Å². The Morgan fingerprint density at radius 1 is 1.13 bits per heavy atom. The second kappa shape index (κ2) is 12.0. The van der Waals surface area contributed by atoms with Gasteiger partial charge in [0.1, 0.15) is 17.2 Å². The van der Waals surface area contributed by atoms with Gasteiger partial charge in [0.25, 0.3) is 5.91 Å². The lowest BCUT2D eigenvalue weighted by Gasteiger charge is -2.21. The summed E-state index contributed by atoms with van der Waals surface area (Å²) in [4.78, 5) is 17.7. The molecule has 1 saturated heterocycles. The number of carbonyl (C=O) groups is 1. The normalized spacial score (nSPS) is 16.0. The van der Waals surface area contributed by atoms with Gasteiger partial charge in [-0.3, -0.25) is 14.7 Å². The fraction of sp³-hybridized carbons (Fsp3) is 0.360. The fourth-order valence-corrected chi connectivity index (χ4v) is 6.53. The zero-order chi connectivity index (χ0) is 27.3. The standard InChI is InChI=1S/C25H29N2O8PS2/c1-4-17(2)34-21-12-18(13-22(14-21)35-20-6-8-23(9-7-20)38(3,30)31)24(28)27-25-26-19(16-37-25)15-36(29)32-10-5-11-33-36/h6-9,12-14,16-17H,4-5,10-11,15H2,1-3H3,(H,26,27,28)/t17-/m0/s1. The van der Waals surface area contributed by atoms with Crippen LogP contribution in [0.5, 0.6) is 17.2 Å². The van der Waals surface area contributed by atoms with Crippen LogP contribution in [0.1, 0.15) is 42.7 Å². The Balaban J connectivity index is 1.52. The van der Waals surface area contributed by atoms with E-state index in [2.05, 4.69) is 10.3 Å². The van der Waals surface area contributed by atoms with Gasteiger partial charge in [-0.25, -0.2) is 13.4 Å². The molecule has 1 N–H and O–H groups in total. The van der Waals surface area contributed by atoms with Crippen LogP contribution >= 0.6 is 18.9 Å². The number of nitrogens with one attached hydrogen (secondary N) is 1. The largest absolute Gasteiger partial charge is 0.491 e. The number of amides is 1. The van der Waals surface area contributed by atoms with Crippen LogP contribution in [0, 0.1) is 0 Å². The van der Waals surface area contributed by atoms with Gasteiger partial charge in [0.05, 0.1) is 36.1 Å². The number of ether oxygens (including phenoxy) is 2. The number of hydrogen-bond donors (Lipinski definition) is 1. The fourth-order valence-electron chi connectivity index (χ4n) is 3.44. The number of thiazole rings is 1. The summed E-state index contributed by atoms with van der Waals surface area (Å²) in [6.45, 7) is 4.66. The van der Waals surface area contributed by atoms with E-state index in [1.54, 1.807) is 35.7 Å². The summed E-state index contributed by atoms with van der Waals surface area (Å²) >= 11 is 1.20. The van der Waals surface area contributed by atoms with Gasteiger partial charge >= 0.3 is 7.60 Å². The minimum Gasteiger partial charge on any atom is -0.491 e. The minimum absolute atomic E-state index is 0.0354. The summed E-state index contributed by atoms with van der Waals surface area (Å²) in [5.74, 6) is 0.748. The zero-order valence-electron chi connectivity index (χ0n) is 21.2. The van der Waals surface area contributed by atoms with Crippen molar-refractivity contribution >= 4 is 39.8 Å². The Hall–Kier alpha value is -2.76. The molecule has 38 heavy (non-hydrogen) atoms. The number of benzene rings is 2. The summed E-state index contributed by atoms with van der Waals surface area (Å²) < 4.78 is 58.6. The van der Waals surface area contributed by atoms with Crippen LogP contribution in [0.3, 0.4) is 0 Å². The molecule has 10 nitrogen and oxygen atoms in total. The highest BCUT2D eigenvalue weighted by atomic mass is 32.2. The van der Waals surface area contributed by atoms with E-state index in [1.807, 2.05) is 13.8 Å². The van der Waals surface area contributed by atoms with E-state index in [4.69, 9.17) is 18.5 Å². The van der Waals surface area contributed by atoms with Gasteiger partial charge in [-0.1, -0.05) is 6.92 Å². The minimum atomic E-state index is -3.34. The Kier molecular flexibility index (Phi) is 8.89. The molecule has 204 valence electrons. The van der Waals surface area contributed by atoms with Crippen molar-refractivity contribution in [2.24, 2.45) is 0 Å². The van der Waals surface area contributed by atoms with Crippen LogP contribution in [0.25, 0.3) is 0 Å². The maximum absolute atomic E-state index is 13.1. The lowest BCUT2D eigenvalue weighted by Crippen LogP contribution is -2.14. The maximum atomic E-state index is 13.1. The zero-order valence-corrected chi connectivity index (χ0v) is 23.7. The molecular formula is C25H29N2O8PS2. The van der Waals surface area contributed by atoms with Gasteiger partial charge in [0.2, 0.25) is 0 Å². The quantitative estimate of drug-likeness (QED) is 0.291. The van der Waals surface area contributed by atoms with Crippen LogP contribution in [-0.2, 0) is 29.6 Å². The first kappa shape index (κ1) is 28.3. The molecule has 1 atom stereocenters. The van der Waals surface area contributed by atoms with Crippen molar-refractivity contribution in [2.45, 2.75) is 43.9 Å². The first-order valence-corrected chi connectivity index (χ1v) is 16.5. The van der Waals surface area contributed by atoms with Crippen LogP contribution in [-0.4, -0.2) is 44.9 Å². The third-order valence-electron chi connectivity index (χ3n) is 5.53. The molecule has 0 saturated carbocycles. The molecule has 13 heteroatoms. The Labute approximate surface area is 225 Å². The van der Waals surface area contributed by atoms with E-state index in [1.165, 1.54) is 23.5 Å². The molecule has 3 aromatic rings. The van der Waals surface area contributed by atoms with Crippen molar-refractivity contribution < 1.29 is 36.3 Å². The first-order chi connectivity index (χ1) is 18.0. The molecule has 1 aliphatic rings. The molecular weight excluding hydrogens is 551 g/mol. The number of sulfone groups is 1. The number of rotatable bonds is 10. The molecule has 2 aromatic carbocycles. The van der Waals surface area contributed by atoms with Gasteiger partial charge in [0.15, 0.2) is 15.0 Å². The third kappa shape index (κ3) is 7.64. The number of aromatic nitrogens is 1. The van der Waals surface area contributed by atoms with E-state index in [-0.39, 0.29) is 22.7 Å². The van der Waals surface area contributed by atoms with E-state index < -0.39 is 23.3 Å². The molecule has 0 radical (unpaired) electrons. The number of anilines is 1. The van der Waals surface area contributed by atoms with Crippen LogP contribution < -0.4 is 14.8 Å². The number of carbonyl (C=O) groups excluding carboxylic acids is 1. The van der Waals surface area contributed by atoms with Crippen LogP contribution in [0.15, 0.2) is 52.7 Å². The molecule has 4 rings (SSSR count). The molecule has 2 heterocycles. The second-order valence-electron chi connectivity index (χ2n) is 8.76. The lowest BCUT2D eigenvalue weighted by molar-refractivity contribution is 0.102. The SMILES string of the molecule is CC[C@H](C)Oc1cc(Oc2ccc(S(C)(=O)=O)cc2)cc(C(=O)Nc2nc(CP3(=O)OCCCO3)cs2)c1. The summed E-state index contributed by atoms with van der Waals surface area (Å²) in [7, 11) is -6.56. The van der Waals surface area contributed by atoms with Crippen molar-refractivity contribution in [1.82, 2.24) is 4.98 Å². The molecule has 0 aliphatic carbocycles. The Bertz CT molecular complexity index is 1430. The van der Waals surface area contributed by atoms with Crippen LogP contribution in [0.4, 0.5) is 5.13 Å². The maximum Gasteiger partial charge on any atom is 0.336 e. The molecule has 1 amide bonds. The summed E-state index contributed by atoms with van der Waals surface area (Å²) in [5, 5.41) is 4.79. The highest BCUT2D eigenvalue weighted by Crippen LogP contribution is 2.53. The van der Waals surface area contributed by atoms with Gasteiger partial charge < -0.3 is 18.5 Å². The first-order valence-electron chi connectivity index (χ1n) is 12.0. The number of hydrogen-bond acceptors (Lipinski definition) is 10. The predicted octanol–water partition coefficient (Wildman–Crippen LogP) is 5.90. The highest BCUT2D eigenvalue weighted by molar-refractivity contribution is 7.90. The highest BCUT2D eigenvalue weighted by Gasteiger charge is 2.29. The van der Waals surface area contributed by atoms with E-state index in [0.717, 1.165) is 12.7 Å². The topological polar surface area (TPSA) is 130 Å². The molecule has 1 aromatic heterocycles. The second-order valence-corrected chi connectivity index (χ2v) is 13.7. The van der Waals surface area contributed by atoms with Crippen molar-refractivity contribution in [1.29, 1.82) is 0 Å². The average molecular weight is 581 g/mol. The Morgan fingerprint density at radius 3 is 2.47 bits per heavy atom. The van der Waals surface area contributed by atoms with Crippen molar-refractivity contribution in [3.63, 3.8) is 0 Å². The third-order valence-corrected chi connectivity index (χ3v) is 9.33. The molecule has 0 bridgehead atoms. The van der Waals surface area contributed by atoms with Gasteiger partial charge in [-0.15, -0.1) is 11.3 Å². The average Bonchev–Trinajstić information content (AvgIpc) is 3.29. The lowest BCUT2D eigenvalue weighted by atomic mass is 10.2. The van der Waals surface area contributed by atoms with E-state index in [0.29, 0.717) is 47.7 Å². The van der Waals surface area contributed by atoms with Gasteiger partial charge in [0, 0.05) is 23.3 Å². The smallest absolute Gasteiger partial charge is 0.336 e. The molecule has 1 aliphatic heterocycles.